The molecule has 6 aromatic carbocycles. The fourth-order valence-electron chi connectivity index (χ4n) is 10.9. The van der Waals surface area contributed by atoms with Crippen molar-refractivity contribution in [1.29, 1.82) is 0 Å². The van der Waals surface area contributed by atoms with E-state index in [9.17, 15) is 0 Å². The Labute approximate surface area is 435 Å². The molecule has 0 radical (unpaired) electrons. The third kappa shape index (κ3) is 12.8. The summed E-state index contributed by atoms with van der Waals surface area (Å²) in [4.78, 5) is 3.41. The molecule has 0 amide bonds. The van der Waals surface area contributed by atoms with Gasteiger partial charge in [0.15, 0.2) is 0 Å². The maximum absolute atomic E-state index is 6.28. The Balaban J connectivity index is 0.882. The number of fused-ring (bicyclic) bond motifs is 2. The van der Waals surface area contributed by atoms with Gasteiger partial charge in [0.05, 0.1) is 60.1 Å². The van der Waals surface area contributed by atoms with E-state index >= 15 is 0 Å². The second kappa shape index (κ2) is 25.5. The number of ether oxygens (including phenoxy) is 6. The van der Waals surface area contributed by atoms with E-state index in [0.29, 0.717) is 39.6 Å². The minimum atomic E-state index is 0.143. The molecule has 3 N–H and O–H groups in total. The number of piperidine rings is 2. The van der Waals surface area contributed by atoms with E-state index < -0.39 is 0 Å². The third-order valence-electron chi connectivity index (χ3n) is 14.7. The Bertz CT molecular complexity index is 2770. The molecule has 0 aliphatic carbocycles. The van der Waals surface area contributed by atoms with Crippen LogP contribution in [0.25, 0.3) is 21.9 Å². The minimum absolute atomic E-state index is 0.143. The van der Waals surface area contributed by atoms with Crippen molar-refractivity contribution in [3.8, 4) is 23.0 Å². The van der Waals surface area contributed by atoms with Crippen molar-refractivity contribution in [3.05, 3.63) is 191 Å². The molecule has 2 aliphatic heterocycles. The summed E-state index contributed by atoms with van der Waals surface area (Å²) >= 11 is 0. The SMILES string of the molecule is COc1ccccc1COCCCOc1ccc(C2CCNCC2N(Cc2ccc3[nH]ccc3c2)N(Cc2ccc3occc3c2)C2CNCCC2c2ccc(OCCCOCc3ccccc3OC)cc2)cc1. The van der Waals surface area contributed by atoms with E-state index in [-0.39, 0.29) is 23.9 Å². The van der Waals surface area contributed by atoms with Crippen LogP contribution in [0.4, 0.5) is 0 Å². The predicted molar refractivity (Wildman–Crippen MR) is 292 cm³/mol. The molecular weight excluding hydrogens is 927 g/mol. The van der Waals surface area contributed by atoms with Gasteiger partial charge in [-0.05, 0) is 126 Å². The first-order chi connectivity index (χ1) is 36.6. The molecule has 2 aromatic heterocycles. The zero-order chi connectivity index (χ0) is 50.3. The lowest BCUT2D eigenvalue weighted by Crippen LogP contribution is -2.62. The van der Waals surface area contributed by atoms with Gasteiger partial charge in [-0.1, -0.05) is 72.8 Å². The van der Waals surface area contributed by atoms with E-state index in [4.69, 9.17) is 32.8 Å². The molecule has 0 bridgehead atoms. The Morgan fingerprint density at radius 3 is 1.62 bits per heavy atom. The number of aromatic amines is 1. The van der Waals surface area contributed by atoms with Crippen LogP contribution in [0.2, 0.25) is 0 Å². The van der Waals surface area contributed by atoms with Crippen molar-refractivity contribution in [2.75, 3.05) is 66.8 Å². The van der Waals surface area contributed by atoms with Gasteiger partial charge < -0.3 is 48.5 Å². The highest BCUT2D eigenvalue weighted by Gasteiger charge is 2.40. The Morgan fingerprint density at radius 1 is 0.541 bits per heavy atom. The van der Waals surface area contributed by atoms with Crippen LogP contribution in [0, 0.1) is 0 Å². The maximum atomic E-state index is 6.28. The number of hydrazine groups is 1. The molecule has 12 nitrogen and oxygen atoms in total. The molecule has 2 saturated heterocycles. The van der Waals surface area contributed by atoms with Crippen molar-refractivity contribution in [1.82, 2.24) is 25.6 Å². The van der Waals surface area contributed by atoms with Gasteiger partial charge in [0.25, 0.3) is 0 Å². The van der Waals surface area contributed by atoms with Crippen molar-refractivity contribution < 1.29 is 32.8 Å². The standard InChI is InChI=1S/C62H71N5O7/c1-68-60-11-5-3-9-51(60)43-70-32-7-34-72-53-19-15-47(16-20-53)55-26-29-63-39-58(55)66(41-45-13-23-57-49(37-45)25-31-65-57)67(42-46-14-24-62-50(38-46)28-36-74-62)59-40-64-30-27-56(59)48-17-21-54(22-18-48)73-35-8-33-71-44-52-10-4-6-12-61(52)69-2/h3-6,9-25,28,31,36-38,55-56,58-59,63-65H,7-8,26-27,29-30,32-35,39-44H2,1-2H3. The molecule has 12 heteroatoms. The van der Waals surface area contributed by atoms with Crippen LogP contribution in [0.5, 0.6) is 23.0 Å². The van der Waals surface area contributed by atoms with Crippen LogP contribution in [0.15, 0.2) is 162 Å². The molecule has 4 unspecified atom stereocenters. The first kappa shape index (κ1) is 50.9. The molecule has 0 saturated carbocycles. The van der Waals surface area contributed by atoms with Crippen molar-refractivity contribution >= 4 is 21.9 Å². The molecule has 0 spiro atoms. The number of furan rings is 1. The summed E-state index contributed by atoms with van der Waals surface area (Å²) in [6.45, 7) is 8.46. The highest BCUT2D eigenvalue weighted by atomic mass is 16.5. The van der Waals surface area contributed by atoms with Gasteiger partial charge in [-0.2, -0.15) is 0 Å². The van der Waals surface area contributed by atoms with Gasteiger partial charge in [0.2, 0.25) is 0 Å². The van der Waals surface area contributed by atoms with Crippen LogP contribution in [0.3, 0.4) is 0 Å². The second-order valence-corrected chi connectivity index (χ2v) is 19.5. The summed E-state index contributed by atoms with van der Waals surface area (Å²) in [5, 5.41) is 15.5. The normalized spacial score (nSPS) is 18.1. The van der Waals surface area contributed by atoms with Gasteiger partial charge in [-0.15, -0.1) is 0 Å². The number of nitrogens with zero attached hydrogens (tertiary/aromatic N) is 2. The van der Waals surface area contributed by atoms with Crippen LogP contribution >= 0.6 is 0 Å². The number of aromatic nitrogens is 1. The van der Waals surface area contributed by atoms with Gasteiger partial charge in [0, 0.05) is 91.2 Å². The fraction of sp³-hybridized carbons (Fsp3) is 0.355. The average molecular weight is 998 g/mol. The van der Waals surface area contributed by atoms with Crippen LogP contribution in [-0.2, 0) is 35.8 Å². The molecule has 10 rings (SSSR count). The summed E-state index contributed by atoms with van der Waals surface area (Å²) in [5.74, 6) is 3.97. The van der Waals surface area contributed by atoms with Gasteiger partial charge >= 0.3 is 0 Å². The van der Waals surface area contributed by atoms with Gasteiger partial charge in [-0.3, -0.25) is 0 Å². The van der Waals surface area contributed by atoms with E-state index in [1.807, 2.05) is 54.7 Å². The van der Waals surface area contributed by atoms with Crippen molar-refractivity contribution in [2.45, 2.75) is 75.9 Å². The summed E-state index contributed by atoms with van der Waals surface area (Å²) in [6.07, 6.45) is 7.42. The fourth-order valence-corrected chi connectivity index (χ4v) is 10.9. The summed E-state index contributed by atoms with van der Waals surface area (Å²) in [5.41, 5.74) is 9.31. The molecule has 4 heterocycles. The molecule has 386 valence electrons. The van der Waals surface area contributed by atoms with Crippen molar-refractivity contribution in [3.63, 3.8) is 0 Å². The lowest BCUT2D eigenvalue weighted by molar-refractivity contribution is -0.125. The number of benzene rings is 6. The summed E-state index contributed by atoms with van der Waals surface area (Å²) in [7, 11) is 3.39. The lowest BCUT2D eigenvalue weighted by Gasteiger charge is -2.51. The van der Waals surface area contributed by atoms with E-state index in [0.717, 1.165) is 116 Å². The highest BCUT2D eigenvalue weighted by Crippen LogP contribution is 2.38. The van der Waals surface area contributed by atoms with Crippen LogP contribution < -0.4 is 29.6 Å². The van der Waals surface area contributed by atoms with E-state index in [1.54, 1.807) is 20.5 Å². The van der Waals surface area contributed by atoms with E-state index in [1.165, 1.54) is 27.6 Å². The average Bonchev–Trinajstić information content (AvgIpc) is 4.14. The third-order valence-corrected chi connectivity index (χ3v) is 14.7. The van der Waals surface area contributed by atoms with Gasteiger partial charge in [0.1, 0.15) is 28.6 Å². The topological polar surface area (TPSA) is 115 Å². The number of para-hydroxylation sites is 2. The van der Waals surface area contributed by atoms with Gasteiger partial charge in [-0.25, -0.2) is 10.0 Å². The summed E-state index contributed by atoms with van der Waals surface area (Å²) in [6, 6.07) is 51.8. The Morgan fingerprint density at radius 2 is 1.07 bits per heavy atom. The number of methoxy groups -OCH3 is 2. The molecule has 4 atom stereocenters. The first-order valence-electron chi connectivity index (χ1n) is 26.4. The lowest BCUT2D eigenvalue weighted by atomic mass is 9.83. The zero-order valence-electron chi connectivity index (χ0n) is 42.9. The monoisotopic (exact) mass is 998 g/mol. The molecule has 74 heavy (non-hydrogen) atoms. The first-order valence-corrected chi connectivity index (χ1v) is 26.4. The largest absolute Gasteiger partial charge is 0.496 e. The quantitative estimate of drug-likeness (QED) is 0.0376. The number of nitrogens with one attached hydrogen (secondary N) is 3. The number of H-pyrrole nitrogens is 1. The smallest absolute Gasteiger partial charge is 0.133 e. The summed E-state index contributed by atoms with van der Waals surface area (Å²) < 4.78 is 41.4. The Hall–Kier alpha value is -6.64. The Kier molecular flexibility index (Phi) is 17.6. The molecule has 2 fully saturated rings. The number of rotatable bonds is 25. The minimum Gasteiger partial charge on any atom is -0.496 e. The van der Waals surface area contributed by atoms with E-state index in [2.05, 4.69) is 123 Å². The predicted octanol–water partition coefficient (Wildman–Crippen LogP) is 11.4. The molecule has 8 aromatic rings. The zero-order valence-corrected chi connectivity index (χ0v) is 42.9. The number of hydrogen-bond donors (Lipinski definition) is 3. The highest BCUT2D eigenvalue weighted by molar-refractivity contribution is 5.80. The molecular formula is C62H71N5O7. The van der Waals surface area contributed by atoms with Crippen molar-refractivity contribution in [2.24, 2.45) is 0 Å². The van der Waals surface area contributed by atoms with Crippen LogP contribution in [0.1, 0.15) is 70.9 Å². The number of hydrogen-bond acceptors (Lipinski definition) is 11. The van der Waals surface area contributed by atoms with Crippen LogP contribution in [-0.4, -0.2) is 93.9 Å². The second-order valence-electron chi connectivity index (χ2n) is 19.5. The maximum Gasteiger partial charge on any atom is 0.133 e. The molecule has 2 aliphatic rings.